The molecule has 0 aliphatic heterocycles. The average Bonchev–Trinajstić information content (AvgIpc) is 2.25. The maximum absolute atomic E-state index is 13.2. The van der Waals surface area contributed by atoms with E-state index >= 15 is 0 Å². The number of benzene rings is 1. The van der Waals surface area contributed by atoms with Crippen molar-refractivity contribution in [1.29, 1.82) is 0 Å². The second-order valence-electron chi connectivity index (χ2n) is 3.13. The van der Waals surface area contributed by atoms with Crippen LogP contribution in [-0.2, 0) is 4.79 Å². The number of non-ortho nitro benzene ring substituents is 1. The smallest absolute Gasteiger partial charge is 0.270 e. The average molecular weight is 236 g/mol. The summed E-state index contributed by atoms with van der Waals surface area (Å²) in [5.41, 5.74) is -0.292. The van der Waals surface area contributed by atoms with Gasteiger partial charge in [0, 0.05) is 19.1 Å². The predicted molar refractivity (Wildman–Crippen MR) is 58.6 cm³/mol. The van der Waals surface area contributed by atoms with Gasteiger partial charge in [0.25, 0.3) is 5.69 Å². The maximum atomic E-state index is 13.2. The molecule has 0 heterocycles. The molecule has 88 valence electrons. The number of halogens is 1. The van der Waals surface area contributed by atoms with Gasteiger partial charge in [0.1, 0.15) is 5.82 Å². The maximum Gasteiger partial charge on any atom is 0.270 e. The zero-order valence-electron chi connectivity index (χ0n) is 8.99. The van der Waals surface area contributed by atoms with Gasteiger partial charge in [-0.15, -0.1) is 0 Å². The molecule has 5 nitrogen and oxygen atoms in total. The summed E-state index contributed by atoms with van der Waals surface area (Å²) in [5, 5.41) is 12.9. The highest BCUT2D eigenvalue weighted by molar-refractivity contribution is 5.73. The fourth-order valence-electron chi connectivity index (χ4n) is 1.03. The topological polar surface area (TPSA) is 72.2 Å². The molecule has 0 aromatic heterocycles. The molecule has 0 saturated carbocycles. The zero-order valence-corrected chi connectivity index (χ0v) is 8.99. The molecular weight excluding hydrogens is 227 g/mol. The van der Waals surface area contributed by atoms with Crippen LogP contribution in [0.1, 0.15) is 12.5 Å². The van der Waals surface area contributed by atoms with E-state index in [-0.39, 0.29) is 23.7 Å². The molecule has 17 heavy (non-hydrogen) atoms. The number of nitro benzene ring substituents is 1. The van der Waals surface area contributed by atoms with E-state index in [1.165, 1.54) is 6.92 Å². The molecule has 0 fully saturated rings. The number of hydrogen-bond donors (Lipinski definition) is 1. The molecule has 1 rings (SSSR count). The van der Waals surface area contributed by atoms with Crippen molar-refractivity contribution in [2.75, 3.05) is 6.54 Å². The number of nitro groups is 1. The van der Waals surface area contributed by atoms with Crippen LogP contribution in [0.2, 0.25) is 0 Å². The molecular formula is C11H9FN2O3. The first-order valence-electron chi connectivity index (χ1n) is 4.68. The number of carbonyl (C=O) groups is 1. The van der Waals surface area contributed by atoms with Crippen LogP contribution in [0.25, 0.3) is 0 Å². The van der Waals surface area contributed by atoms with E-state index in [2.05, 4.69) is 17.2 Å². The van der Waals surface area contributed by atoms with Gasteiger partial charge in [0.2, 0.25) is 5.91 Å². The summed E-state index contributed by atoms with van der Waals surface area (Å²) in [4.78, 5) is 20.4. The Balaban J connectivity index is 2.86. The van der Waals surface area contributed by atoms with Crippen LogP contribution >= 0.6 is 0 Å². The van der Waals surface area contributed by atoms with Gasteiger partial charge in [0.15, 0.2) is 0 Å². The van der Waals surface area contributed by atoms with Crippen molar-refractivity contribution in [3.05, 3.63) is 39.7 Å². The van der Waals surface area contributed by atoms with Crippen LogP contribution in [0.4, 0.5) is 10.1 Å². The number of nitrogens with zero attached hydrogens (tertiary/aromatic N) is 1. The van der Waals surface area contributed by atoms with Crippen molar-refractivity contribution in [2.24, 2.45) is 0 Å². The highest BCUT2D eigenvalue weighted by atomic mass is 19.1. The molecule has 1 aromatic carbocycles. The SMILES string of the molecule is CC(=O)NCC#Cc1cc([N+](=O)[O-])ccc1F. The lowest BCUT2D eigenvalue weighted by Gasteiger charge is -1.95. The fraction of sp³-hybridized carbons (Fsp3) is 0.182. The molecule has 0 saturated heterocycles. The summed E-state index contributed by atoms with van der Waals surface area (Å²) in [7, 11) is 0. The van der Waals surface area contributed by atoms with Gasteiger partial charge in [-0.1, -0.05) is 11.8 Å². The van der Waals surface area contributed by atoms with Crippen LogP contribution in [0.15, 0.2) is 18.2 Å². The van der Waals surface area contributed by atoms with Crippen LogP contribution in [-0.4, -0.2) is 17.4 Å². The number of amides is 1. The van der Waals surface area contributed by atoms with E-state index in [9.17, 15) is 19.3 Å². The van der Waals surface area contributed by atoms with Gasteiger partial charge < -0.3 is 5.32 Å². The van der Waals surface area contributed by atoms with Crippen molar-refractivity contribution in [1.82, 2.24) is 5.32 Å². The third kappa shape index (κ3) is 3.91. The molecule has 0 unspecified atom stereocenters. The minimum Gasteiger partial charge on any atom is -0.345 e. The first-order valence-corrected chi connectivity index (χ1v) is 4.68. The Morgan fingerprint density at radius 3 is 2.88 bits per heavy atom. The fourth-order valence-corrected chi connectivity index (χ4v) is 1.03. The Hall–Kier alpha value is -2.42. The third-order valence-corrected chi connectivity index (χ3v) is 1.81. The van der Waals surface area contributed by atoms with Crippen molar-refractivity contribution in [3.63, 3.8) is 0 Å². The van der Waals surface area contributed by atoms with Crippen molar-refractivity contribution < 1.29 is 14.1 Å². The summed E-state index contributed by atoms with van der Waals surface area (Å²) in [6, 6.07) is 3.10. The summed E-state index contributed by atoms with van der Waals surface area (Å²) >= 11 is 0. The molecule has 1 amide bonds. The van der Waals surface area contributed by atoms with Crippen molar-refractivity contribution >= 4 is 11.6 Å². The standard InChI is InChI=1S/C11H9FN2O3/c1-8(15)13-6-2-3-9-7-10(14(16)17)4-5-11(9)12/h4-5,7H,6H2,1H3,(H,13,15). The Kier molecular flexibility index (Phi) is 4.17. The van der Waals surface area contributed by atoms with E-state index in [0.717, 1.165) is 18.2 Å². The van der Waals surface area contributed by atoms with Crippen molar-refractivity contribution in [2.45, 2.75) is 6.92 Å². The Morgan fingerprint density at radius 2 is 2.29 bits per heavy atom. The molecule has 1 aromatic rings. The largest absolute Gasteiger partial charge is 0.345 e. The Labute approximate surface area is 96.8 Å². The monoisotopic (exact) mass is 236 g/mol. The van der Waals surface area contributed by atoms with E-state index < -0.39 is 10.7 Å². The van der Waals surface area contributed by atoms with Crippen LogP contribution in [0.5, 0.6) is 0 Å². The molecule has 0 bridgehead atoms. The van der Waals surface area contributed by atoms with Gasteiger partial charge in [-0.05, 0) is 6.07 Å². The first-order chi connectivity index (χ1) is 8.00. The van der Waals surface area contributed by atoms with E-state index in [1.807, 2.05) is 0 Å². The summed E-state index contributed by atoms with van der Waals surface area (Å²) in [6.07, 6.45) is 0. The van der Waals surface area contributed by atoms with Gasteiger partial charge >= 0.3 is 0 Å². The molecule has 0 aliphatic carbocycles. The third-order valence-electron chi connectivity index (χ3n) is 1.81. The molecule has 6 heteroatoms. The lowest BCUT2D eigenvalue weighted by atomic mass is 10.2. The summed E-state index contributed by atoms with van der Waals surface area (Å²) in [5.74, 6) is 4.03. The summed E-state index contributed by atoms with van der Waals surface area (Å²) < 4.78 is 13.2. The quantitative estimate of drug-likeness (QED) is 0.476. The van der Waals surface area contributed by atoms with Gasteiger partial charge in [-0.25, -0.2) is 4.39 Å². The Morgan fingerprint density at radius 1 is 1.59 bits per heavy atom. The number of carbonyl (C=O) groups excluding carboxylic acids is 1. The molecule has 0 spiro atoms. The zero-order chi connectivity index (χ0) is 12.8. The second-order valence-corrected chi connectivity index (χ2v) is 3.13. The van der Waals surface area contributed by atoms with E-state index in [0.29, 0.717) is 0 Å². The number of rotatable bonds is 2. The van der Waals surface area contributed by atoms with Gasteiger partial charge in [-0.2, -0.15) is 0 Å². The number of nitrogens with one attached hydrogen (secondary N) is 1. The van der Waals surface area contributed by atoms with Gasteiger partial charge in [0.05, 0.1) is 17.0 Å². The van der Waals surface area contributed by atoms with Crippen LogP contribution < -0.4 is 5.32 Å². The van der Waals surface area contributed by atoms with E-state index in [4.69, 9.17) is 0 Å². The lowest BCUT2D eigenvalue weighted by Crippen LogP contribution is -2.19. The van der Waals surface area contributed by atoms with Gasteiger partial charge in [-0.3, -0.25) is 14.9 Å². The molecule has 0 radical (unpaired) electrons. The minimum atomic E-state index is -0.633. The summed E-state index contributed by atoms with van der Waals surface area (Å²) in [6.45, 7) is 1.40. The van der Waals surface area contributed by atoms with E-state index in [1.54, 1.807) is 0 Å². The van der Waals surface area contributed by atoms with Crippen molar-refractivity contribution in [3.8, 4) is 11.8 Å². The highest BCUT2D eigenvalue weighted by Gasteiger charge is 2.08. The van der Waals surface area contributed by atoms with Crippen LogP contribution in [0, 0.1) is 27.8 Å². The minimum absolute atomic E-state index is 0.0652. The highest BCUT2D eigenvalue weighted by Crippen LogP contribution is 2.15. The first kappa shape index (κ1) is 12.6. The molecule has 1 N–H and O–H groups in total. The lowest BCUT2D eigenvalue weighted by molar-refractivity contribution is -0.384. The normalized spacial score (nSPS) is 9.06. The molecule has 0 atom stereocenters. The second kappa shape index (κ2) is 5.61. The molecule has 0 aliphatic rings. The Bertz CT molecular complexity index is 517. The number of hydrogen-bond acceptors (Lipinski definition) is 3. The van der Waals surface area contributed by atoms with Crippen LogP contribution in [0.3, 0.4) is 0 Å². The predicted octanol–water partition coefficient (Wildman–Crippen LogP) is 1.22.